The van der Waals surface area contributed by atoms with Crippen molar-refractivity contribution in [2.75, 3.05) is 52.9 Å². The summed E-state index contributed by atoms with van der Waals surface area (Å²) in [5.41, 5.74) is 1.05. The van der Waals surface area contributed by atoms with Crippen molar-refractivity contribution in [3.8, 4) is 0 Å². The SMILES string of the molecule is CN=C(NCCCCN1C(=O)c2ccccc2C1=O)N1CCC(CN2CCCC2)C1. The van der Waals surface area contributed by atoms with Gasteiger partial charge in [0.05, 0.1) is 11.1 Å². The Morgan fingerprint density at radius 2 is 1.77 bits per heavy atom. The van der Waals surface area contributed by atoms with Gasteiger partial charge in [0.15, 0.2) is 5.96 Å². The second-order valence-corrected chi connectivity index (χ2v) is 8.60. The van der Waals surface area contributed by atoms with Gasteiger partial charge < -0.3 is 15.1 Å². The highest BCUT2D eigenvalue weighted by atomic mass is 16.2. The lowest BCUT2D eigenvalue weighted by molar-refractivity contribution is 0.0652. The smallest absolute Gasteiger partial charge is 0.261 e. The minimum absolute atomic E-state index is 0.166. The van der Waals surface area contributed by atoms with Crippen molar-refractivity contribution < 1.29 is 9.59 Å². The zero-order valence-corrected chi connectivity index (χ0v) is 18.0. The second-order valence-electron chi connectivity index (χ2n) is 8.60. The number of fused-ring (bicyclic) bond motifs is 1. The fourth-order valence-corrected chi connectivity index (χ4v) is 4.87. The number of carbonyl (C=O) groups is 2. The first kappa shape index (κ1) is 20.8. The Kier molecular flexibility index (Phi) is 6.67. The first-order chi connectivity index (χ1) is 14.7. The first-order valence-electron chi connectivity index (χ1n) is 11.3. The van der Waals surface area contributed by atoms with E-state index in [1.807, 2.05) is 7.05 Å². The van der Waals surface area contributed by atoms with Crippen molar-refractivity contribution in [3.05, 3.63) is 35.4 Å². The number of nitrogens with one attached hydrogen (secondary N) is 1. The van der Waals surface area contributed by atoms with Crippen molar-refractivity contribution in [2.24, 2.45) is 10.9 Å². The molecule has 1 atom stereocenters. The number of likely N-dealkylation sites (tertiary alicyclic amines) is 2. The van der Waals surface area contributed by atoms with Crippen molar-refractivity contribution in [1.29, 1.82) is 0 Å². The summed E-state index contributed by atoms with van der Waals surface area (Å²) in [6, 6.07) is 7.07. The summed E-state index contributed by atoms with van der Waals surface area (Å²) in [7, 11) is 1.84. The maximum absolute atomic E-state index is 12.4. The van der Waals surface area contributed by atoms with E-state index in [1.165, 1.54) is 43.8 Å². The van der Waals surface area contributed by atoms with Crippen LogP contribution in [0.3, 0.4) is 0 Å². The highest BCUT2D eigenvalue weighted by Crippen LogP contribution is 2.23. The molecule has 1 N–H and O–H groups in total. The zero-order valence-electron chi connectivity index (χ0n) is 18.0. The molecule has 3 aliphatic heterocycles. The van der Waals surface area contributed by atoms with Crippen LogP contribution >= 0.6 is 0 Å². The van der Waals surface area contributed by atoms with Crippen molar-refractivity contribution in [1.82, 2.24) is 20.0 Å². The van der Waals surface area contributed by atoms with E-state index >= 15 is 0 Å². The van der Waals surface area contributed by atoms with E-state index in [0.29, 0.717) is 17.7 Å². The molecular weight excluding hydrogens is 378 g/mol. The number of hydrogen-bond acceptors (Lipinski definition) is 4. The molecule has 7 heteroatoms. The maximum Gasteiger partial charge on any atom is 0.261 e. The topological polar surface area (TPSA) is 68.2 Å². The monoisotopic (exact) mass is 411 g/mol. The van der Waals surface area contributed by atoms with Gasteiger partial charge in [-0.05, 0) is 63.2 Å². The summed E-state index contributed by atoms with van der Waals surface area (Å²) < 4.78 is 0. The van der Waals surface area contributed by atoms with Crippen molar-refractivity contribution in [2.45, 2.75) is 32.1 Å². The Morgan fingerprint density at radius 3 is 2.43 bits per heavy atom. The molecule has 2 amide bonds. The van der Waals surface area contributed by atoms with Gasteiger partial charge in [0.25, 0.3) is 11.8 Å². The van der Waals surface area contributed by atoms with Crippen molar-refractivity contribution >= 4 is 17.8 Å². The fourth-order valence-electron chi connectivity index (χ4n) is 4.87. The van der Waals surface area contributed by atoms with Gasteiger partial charge in [-0.3, -0.25) is 19.5 Å². The maximum atomic E-state index is 12.4. The van der Waals surface area contributed by atoms with Crippen LogP contribution in [0.4, 0.5) is 0 Å². The number of amides is 2. The number of benzene rings is 1. The van der Waals surface area contributed by atoms with Crippen LogP contribution in [0.25, 0.3) is 0 Å². The Bertz CT molecular complexity index is 768. The molecule has 2 fully saturated rings. The predicted octanol–water partition coefficient (Wildman–Crippen LogP) is 2.06. The highest BCUT2D eigenvalue weighted by molar-refractivity contribution is 6.21. The molecule has 1 aromatic rings. The van der Waals surface area contributed by atoms with Crippen LogP contribution in [0.2, 0.25) is 0 Å². The fraction of sp³-hybridized carbons (Fsp3) is 0.609. The van der Waals surface area contributed by atoms with Crippen LogP contribution in [0.1, 0.15) is 52.8 Å². The molecule has 30 heavy (non-hydrogen) atoms. The van der Waals surface area contributed by atoms with Crippen LogP contribution in [0.5, 0.6) is 0 Å². The molecule has 1 aromatic carbocycles. The quantitative estimate of drug-likeness (QED) is 0.322. The van der Waals surface area contributed by atoms with Gasteiger partial charge in [-0.2, -0.15) is 0 Å². The third kappa shape index (κ3) is 4.51. The average molecular weight is 412 g/mol. The largest absolute Gasteiger partial charge is 0.356 e. The van der Waals surface area contributed by atoms with E-state index in [-0.39, 0.29) is 11.8 Å². The molecule has 162 valence electrons. The lowest BCUT2D eigenvalue weighted by atomic mass is 10.1. The Hall–Kier alpha value is -2.41. The standard InChI is InChI=1S/C23H33N5O2/c1-24-23(27-15-10-18(17-27)16-26-12-6-7-13-26)25-11-4-5-14-28-21(29)19-8-2-3-9-20(19)22(28)30/h2-3,8-9,18H,4-7,10-17H2,1H3,(H,24,25). The molecule has 1 unspecified atom stereocenters. The van der Waals surface area contributed by atoms with E-state index in [1.54, 1.807) is 24.3 Å². The number of carbonyl (C=O) groups excluding carboxylic acids is 2. The van der Waals surface area contributed by atoms with Gasteiger partial charge in [-0.1, -0.05) is 12.1 Å². The number of unbranched alkanes of at least 4 members (excludes halogenated alkanes) is 1. The third-order valence-electron chi connectivity index (χ3n) is 6.48. The molecule has 0 bridgehead atoms. The van der Waals surface area contributed by atoms with Gasteiger partial charge in [-0.25, -0.2) is 0 Å². The molecule has 3 heterocycles. The number of rotatable bonds is 7. The third-order valence-corrected chi connectivity index (χ3v) is 6.48. The Labute approximate surface area is 179 Å². The van der Waals surface area contributed by atoms with Crippen LogP contribution in [-0.2, 0) is 0 Å². The molecule has 0 spiro atoms. The Morgan fingerprint density at radius 1 is 1.07 bits per heavy atom. The van der Waals surface area contributed by atoms with E-state index in [2.05, 4.69) is 20.1 Å². The lowest BCUT2D eigenvalue weighted by Crippen LogP contribution is -2.41. The summed E-state index contributed by atoms with van der Waals surface area (Å²) in [6.07, 6.45) is 5.60. The summed E-state index contributed by atoms with van der Waals surface area (Å²) in [6.45, 7) is 7.14. The van der Waals surface area contributed by atoms with Crippen LogP contribution in [0.15, 0.2) is 29.3 Å². The summed E-state index contributed by atoms with van der Waals surface area (Å²) in [4.78, 5) is 35.6. The molecule has 0 saturated carbocycles. The highest BCUT2D eigenvalue weighted by Gasteiger charge is 2.34. The normalized spacial score (nSPS) is 22.3. The molecule has 3 aliphatic rings. The summed E-state index contributed by atoms with van der Waals surface area (Å²) in [5.74, 6) is 1.37. The molecule has 0 aromatic heterocycles. The molecule has 0 aliphatic carbocycles. The number of imide groups is 1. The van der Waals surface area contributed by atoms with Gasteiger partial charge in [0, 0.05) is 39.8 Å². The molecule has 4 rings (SSSR count). The van der Waals surface area contributed by atoms with Crippen LogP contribution < -0.4 is 5.32 Å². The summed E-state index contributed by atoms with van der Waals surface area (Å²) in [5, 5.41) is 3.46. The predicted molar refractivity (Wildman–Crippen MR) is 118 cm³/mol. The molecule has 7 nitrogen and oxygen atoms in total. The van der Waals surface area contributed by atoms with Crippen LogP contribution in [0, 0.1) is 5.92 Å². The second kappa shape index (κ2) is 9.60. The minimum atomic E-state index is -0.166. The minimum Gasteiger partial charge on any atom is -0.356 e. The lowest BCUT2D eigenvalue weighted by Gasteiger charge is -2.23. The van der Waals surface area contributed by atoms with E-state index in [9.17, 15) is 9.59 Å². The van der Waals surface area contributed by atoms with Gasteiger partial charge in [0.1, 0.15) is 0 Å². The van der Waals surface area contributed by atoms with Crippen molar-refractivity contribution in [3.63, 3.8) is 0 Å². The number of hydrogen-bond donors (Lipinski definition) is 1. The Balaban J connectivity index is 1.16. The first-order valence-corrected chi connectivity index (χ1v) is 11.3. The zero-order chi connectivity index (χ0) is 20.9. The molecule has 2 saturated heterocycles. The molecular formula is C23H33N5O2. The van der Waals surface area contributed by atoms with E-state index in [4.69, 9.17) is 0 Å². The molecule has 0 radical (unpaired) electrons. The number of guanidine groups is 1. The van der Waals surface area contributed by atoms with E-state index < -0.39 is 0 Å². The van der Waals surface area contributed by atoms with Crippen LogP contribution in [-0.4, -0.2) is 85.3 Å². The van der Waals surface area contributed by atoms with Gasteiger partial charge in [0.2, 0.25) is 0 Å². The van der Waals surface area contributed by atoms with Gasteiger partial charge in [-0.15, -0.1) is 0 Å². The summed E-state index contributed by atoms with van der Waals surface area (Å²) >= 11 is 0. The number of aliphatic imine (C=N–C) groups is 1. The van der Waals surface area contributed by atoms with Gasteiger partial charge >= 0.3 is 0 Å². The number of nitrogens with zero attached hydrogens (tertiary/aromatic N) is 4. The average Bonchev–Trinajstić information content (AvgIpc) is 3.49. The van der Waals surface area contributed by atoms with E-state index in [0.717, 1.165) is 44.4 Å².